The number of nitrogens with one attached hydrogen (secondary N) is 3. The Kier molecular flexibility index (Phi) is 4.54. The van der Waals surface area contributed by atoms with Crippen molar-refractivity contribution in [3.8, 4) is 0 Å². The van der Waals surface area contributed by atoms with Gasteiger partial charge in [-0.3, -0.25) is 0 Å². The molecule has 2 aromatic carbocycles. The van der Waals surface area contributed by atoms with E-state index in [1.54, 1.807) is 0 Å². The van der Waals surface area contributed by atoms with Gasteiger partial charge in [-0.15, -0.1) is 0 Å². The number of hydrogen-bond acceptors (Lipinski definition) is 4. The van der Waals surface area contributed by atoms with Crippen molar-refractivity contribution in [2.24, 2.45) is 0 Å². The van der Waals surface area contributed by atoms with Crippen LogP contribution in [-0.2, 0) is 0 Å². The Morgan fingerprint density at radius 3 is 2.68 bits per heavy atom. The van der Waals surface area contributed by atoms with E-state index in [1.807, 2.05) is 24.3 Å². The lowest BCUT2D eigenvalue weighted by atomic mass is 9.86. The maximum absolute atomic E-state index is 6.02. The highest BCUT2D eigenvalue weighted by Gasteiger charge is 2.44. The van der Waals surface area contributed by atoms with Crippen LogP contribution in [0.3, 0.4) is 0 Å². The van der Waals surface area contributed by atoms with Gasteiger partial charge in [0.25, 0.3) is 0 Å². The monoisotopic (exact) mass is 420 g/mol. The molecule has 2 aliphatic rings. The number of hydrogen-bond donors (Lipinski definition) is 3. The molecule has 0 radical (unpaired) electrons. The van der Waals surface area contributed by atoms with Crippen LogP contribution in [0.5, 0.6) is 0 Å². The normalized spacial score (nSPS) is 25.1. The number of anilines is 1. The van der Waals surface area contributed by atoms with E-state index in [-0.39, 0.29) is 17.6 Å². The zero-order valence-corrected chi connectivity index (χ0v) is 16.7. The molecule has 0 saturated carbocycles. The minimum atomic E-state index is -0.0439. The molecule has 0 bridgehead atoms. The molecule has 132 valence electrons. The van der Waals surface area contributed by atoms with Gasteiger partial charge in [0.05, 0.1) is 12.1 Å². The van der Waals surface area contributed by atoms with Gasteiger partial charge in [-0.2, -0.15) is 5.53 Å². The van der Waals surface area contributed by atoms with E-state index in [0.29, 0.717) is 0 Å². The Morgan fingerprint density at radius 2 is 1.92 bits per heavy atom. The standard InChI is InChI=1S/C19H22BrClN4/c1-19(2)18-15-8-3-12(20)11-16(15)17(9-10-25(18)24-23-19)22-14-6-4-13(21)5-7-14/h3-8,11,17-18,22-24H,9-10H2,1-2H3. The molecule has 6 heteroatoms. The summed E-state index contributed by atoms with van der Waals surface area (Å²) < 4.78 is 1.11. The van der Waals surface area contributed by atoms with E-state index < -0.39 is 0 Å². The lowest BCUT2D eigenvalue weighted by molar-refractivity contribution is 0.170. The van der Waals surface area contributed by atoms with Crippen molar-refractivity contribution in [1.82, 2.24) is 16.0 Å². The molecule has 0 spiro atoms. The van der Waals surface area contributed by atoms with Gasteiger partial charge in [-0.05, 0) is 67.8 Å². The maximum Gasteiger partial charge on any atom is 0.0699 e. The molecule has 1 saturated heterocycles. The summed E-state index contributed by atoms with van der Waals surface area (Å²) in [6.07, 6.45) is 1.01. The van der Waals surface area contributed by atoms with Crippen molar-refractivity contribution in [3.63, 3.8) is 0 Å². The van der Waals surface area contributed by atoms with Crippen LogP contribution in [0.2, 0.25) is 5.02 Å². The number of benzene rings is 2. The number of fused-ring (bicyclic) bond motifs is 3. The van der Waals surface area contributed by atoms with E-state index in [1.165, 1.54) is 11.1 Å². The Morgan fingerprint density at radius 1 is 1.16 bits per heavy atom. The van der Waals surface area contributed by atoms with Crippen LogP contribution in [0.15, 0.2) is 46.9 Å². The predicted molar refractivity (Wildman–Crippen MR) is 106 cm³/mol. The van der Waals surface area contributed by atoms with E-state index in [4.69, 9.17) is 11.6 Å². The van der Waals surface area contributed by atoms with Gasteiger partial charge >= 0.3 is 0 Å². The number of rotatable bonds is 2. The molecular formula is C19H22BrClN4. The number of nitrogens with zero attached hydrogens (tertiary/aromatic N) is 1. The average molecular weight is 422 g/mol. The number of halogens is 2. The average Bonchev–Trinajstić information content (AvgIpc) is 2.78. The molecule has 1 fully saturated rings. The Hall–Kier alpha value is -1.11. The summed E-state index contributed by atoms with van der Waals surface area (Å²) in [7, 11) is 0. The molecule has 0 aliphatic carbocycles. The quantitative estimate of drug-likeness (QED) is 0.651. The van der Waals surface area contributed by atoms with Crippen LogP contribution < -0.4 is 16.3 Å². The van der Waals surface area contributed by atoms with Crippen molar-refractivity contribution in [1.29, 1.82) is 0 Å². The van der Waals surface area contributed by atoms with Crippen molar-refractivity contribution < 1.29 is 0 Å². The summed E-state index contributed by atoms with van der Waals surface area (Å²) in [4.78, 5) is 0. The third-order valence-electron chi connectivity index (χ3n) is 5.08. The molecule has 2 unspecified atom stereocenters. The smallest absolute Gasteiger partial charge is 0.0699 e. The topological polar surface area (TPSA) is 39.3 Å². The first kappa shape index (κ1) is 17.3. The molecule has 0 amide bonds. The minimum absolute atomic E-state index is 0.0439. The fourth-order valence-electron chi connectivity index (χ4n) is 3.90. The van der Waals surface area contributed by atoms with Gasteiger partial charge in [-0.25, -0.2) is 10.4 Å². The highest BCUT2D eigenvalue weighted by atomic mass is 79.9. The van der Waals surface area contributed by atoms with E-state index in [2.05, 4.69) is 69.3 Å². The molecule has 2 aromatic rings. The zero-order chi connectivity index (χ0) is 17.6. The molecular weight excluding hydrogens is 400 g/mol. The van der Waals surface area contributed by atoms with Crippen LogP contribution in [0.25, 0.3) is 0 Å². The fraction of sp³-hybridized carbons (Fsp3) is 0.368. The van der Waals surface area contributed by atoms with E-state index >= 15 is 0 Å². The molecule has 25 heavy (non-hydrogen) atoms. The predicted octanol–water partition coefficient (Wildman–Crippen LogP) is 4.80. The second-order valence-corrected chi connectivity index (χ2v) is 8.67. The van der Waals surface area contributed by atoms with Gasteiger partial charge in [0.15, 0.2) is 0 Å². The first-order valence-electron chi connectivity index (χ1n) is 8.55. The highest BCUT2D eigenvalue weighted by Crippen LogP contribution is 2.42. The summed E-state index contributed by atoms with van der Waals surface area (Å²) >= 11 is 9.67. The second-order valence-electron chi connectivity index (χ2n) is 7.32. The van der Waals surface area contributed by atoms with Crippen LogP contribution in [0.1, 0.15) is 43.5 Å². The SMILES string of the molecule is CC1(C)NNN2CCC(Nc3ccc(Cl)cc3)c3cc(Br)ccc3C21. The number of hydrazine groups is 2. The Balaban J connectivity index is 1.74. The van der Waals surface area contributed by atoms with Gasteiger partial charge in [-0.1, -0.05) is 33.6 Å². The van der Waals surface area contributed by atoms with Crippen molar-refractivity contribution >= 4 is 33.2 Å². The lowest BCUT2D eigenvalue weighted by Gasteiger charge is -2.30. The first-order chi connectivity index (χ1) is 11.9. The van der Waals surface area contributed by atoms with Crippen molar-refractivity contribution in [2.75, 3.05) is 11.9 Å². The first-order valence-corrected chi connectivity index (χ1v) is 9.72. The highest BCUT2D eigenvalue weighted by molar-refractivity contribution is 9.10. The van der Waals surface area contributed by atoms with Gasteiger partial charge in [0, 0.05) is 27.3 Å². The fourth-order valence-corrected chi connectivity index (χ4v) is 4.40. The van der Waals surface area contributed by atoms with Crippen molar-refractivity contribution in [2.45, 2.75) is 37.9 Å². The molecule has 2 atom stereocenters. The zero-order valence-electron chi connectivity index (χ0n) is 14.3. The molecule has 2 heterocycles. The Bertz CT molecular complexity index is 777. The second kappa shape index (κ2) is 6.56. The molecule has 2 aliphatic heterocycles. The van der Waals surface area contributed by atoms with Crippen molar-refractivity contribution in [3.05, 3.63) is 63.1 Å². The van der Waals surface area contributed by atoms with Gasteiger partial charge in [0.2, 0.25) is 0 Å². The maximum atomic E-state index is 6.02. The van der Waals surface area contributed by atoms with E-state index in [0.717, 1.165) is 28.1 Å². The van der Waals surface area contributed by atoms with Gasteiger partial charge < -0.3 is 5.32 Å². The molecule has 4 nitrogen and oxygen atoms in total. The van der Waals surface area contributed by atoms with E-state index in [9.17, 15) is 0 Å². The molecule has 0 aromatic heterocycles. The summed E-state index contributed by atoms with van der Waals surface area (Å²) in [5, 5.41) is 6.77. The molecule has 3 N–H and O–H groups in total. The largest absolute Gasteiger partial charge is 0.378 e. The van der Waals surface area contributed by atoms with Crippen LogP contribution in [0.4, 0.5) is 5.69 Å². The lowest BCUT2D eigenvalue weighted by Crippen LogP contribution is -2.41. The summed E-state index contributed by atoms with van der Waals surface area (Å²) in [5.41, 5.74) is 10.5. The summed E-state index contributed by atoms with van der Waals surface area (Å²) in [5.74, 6) is 0. The van der Waals surface area contributed by atoms with Crippen LogP contribution in [-0.4, -0.2) is 17.1 Å². The summed E-state index contributed by atoms with van der Waals surface area (Å²) in [6.45, 7) is 5.44. The van der Waals surface area contributed by atoms with Crippen LogP contribution >= 0.6 is 27.5 Å². The minimum Gasteiger partial charge on any atom is -0.378 e. The van der Waals surface area contributed by atoms with Gasteiger partial charge in [0.1, 0.15) is 0 Å². The molecule has 4 rings (SSSR count). The Labute approximate surface area is 162 Å². The summed E-state index contributed by atoms with van der Waals surface area (Å²) in [6, 6.07) is 15.1. The van der Waals surface area contributed by atoms with Crippen LogP contribution in [0, 0.1) is 0 Å². The third kappa shape index (κ3) is 3.32. The third-order valence-corrected chi connectivity index (χ3v) is 5.82.